The second-order valence-corrected chi connectivity index (χ2v) is 6.48. The van der Waals surface area contributed by atoms with Crippen LogP contribution in [0.5, 0.6) is 0 Å². The first-order valence-electron chi connectivity index (χ1n) is 5.44. The lowest BCUT2D eigenvalue weighted by Gasteiger charge is -2.40. The summed E-state index contributed by atoms with van der Waals surface area (Å²) < 4.78 is 1.20. The number of nitrogens with one attached hydrogen (secondary N) is 1. The molecule has 3 rings (SSSR count). The SMILES string of the molecule is Brc1cccc2c1NCC1(CCC1)CS2. The van der Waals surface area contributed by atoms with Crippen molar-refractivity contribution in [3.63, 3.8) is 0 Å². The van der Waals surface area contributed by atoms with Gasteiger partial charge in [0.1, 0.15) is 0 Å². The number of anilines is 1. The lowest BCUT2D eigenvalue weighted by molar-refractivity contribution is 0.187. The van der Waals surface area contributed by atoms with Gasteiger partial charge in [-0.15, -0.1) is 11.8 Å². The Balaban J connectivity index is 1.91. The van der Waals surface area contributed by atoms with Crippen LogP contribution in [0, 0.1) is 5.41 Å². The lowest BCUT2D eigenvalue weighted by Crippen LogP contribution is -2.37. The maximum atomic E-state index is 3.62. The van der Waals surface area contributed by atoms with Gasteiger partial charge in [0, 0.05) is 21.7 Å². The predicted molar refractivity (Wildman–Crippen MR) is 69.6 cm³/mol. The summed E-state index contributed by atoms with van der Waals surface area (Å²) in [5.41, 5.74) is 1.88. The van der Waals surface area contributed by atoms with Gasteiger partial charge in [0.2, 0.25) is 0 Å². The molecule has 1 nitrogen and oxygen atoms in total. The Morgan fingerprint density at radius 3 is 2.93 bits per heavy atom. The number of hydrogen-bond donors (Lipinski definition) is 1. The van der Waals surface area contributed by atoms with E-state index < -0.39 is 0 Å². The van der Waals surface area contributed by atoms with Gasteiger partial charge in [-0.2, -0.15) is 0 Å². The molecule has 1 aliphatic heterocycles. The summed E-state index contributed by atoms with van der Waals surface area (Å²) in [6.45, 7) is 1.15. The van der Waals surface area contributed by atoms with Crippen LogP contribution in [0.4, 0.5) is 5.69 Å². The lowest BCUT2D eigenvalue weighted by atomic mass is 9.70. The van der Waals surface area contributed by atoms with Gasteiger partial charge >= 0.3 is 0 Å². The minimum absolute atomic E-state index is 0.586. The summed E-state index contributed by atoms with van der Waals surface area (Å²) in [6.07, 6.45) is 4.22. The third kappa shape index (κ3) is 1.70. The molecule has 1 aromatic carbocycles. The van der Waals surface area contributed by atoms with Crippen LogP contribution in [0.2, 0.25) is 0 Å². The fraction of sp³-hybridized carbons (Fsp3) is 0.500. The average molecular weight is 284 g/mol. The van der Waals surface area contributed by atoms with E-state index in [4.69, 9.17) is 0 Å². The molecule has 1 saturated carbocycles. The van der Waals surface area contributed by atoms with E-state index in [2.05, 4.69) is 39.4 Å². The molecular weight excluding hydrogens is 270 g/mol. The zero-order chi connectivity index (χ0) is 10.3. The van der Waals surface area contributed by atoms with Crippen molar-refractivity contribution in [2.45, 2.75) is 24.2 Å². The predicted octanol–water partition coefficient (Wildman–Crippen LogP) is 4.14. The highest BCUT2D eigenvalue weighted by Crippen LogP contribution is 2.49. The van der Waals surface area contributed by atoms with Gasteiger partial charge in [0.05, 0.1) is 5.69 Å². The molecule has 1 aromatic rings. The molecule has 0 radical (unpaired) electrons. The van der Waals surface area contributed by atoms with Gasteiger partial charge in [-0.1, -0.05) is 12.5 Å². The molecule has 0 aromatic heterocycles. The van der Waals surface area contributed by atoms with E-state index in [0.717, 1.165) is 6.54 Å². The molecule has 15 heavy (non-hydrogen) atoms. The Morgan fingerprint density at radius 2 is 2.20 bits per heavy atom. The van der Waals surface area contributed by atoms with Gasteiger partial charge < -0.3 is 5.32 Å². The third-order valence-electron chi connectivity index (χ3n) is 3.56. The van der Waals surface area contributed by atoms with Gasteiger partial charge in [-0.05, 0) is 46.3 Å². The number of hydrogen-bond acceptors (Lipinski definition) is 2. The molecule has 0 saturated heterocycles. The first-order valence-corrected chi connectivity index (χ1v) is 7.22. The van der Waals surface area contributed by atoms with Crippen molar-refractivity contribution in [1.82, 2.24) is 0 Å². The van der Waals surface area contributed by atoms with E-state index in [-0.39, 0.29) is 0 Å². The van der Waals surface area contributed by atoms with Crippen LogP contribution in [0.25, 0.3) is 0 Å². The highest BCUT2D eigenvalue weighted by Gasteiger charge is 2.38. The summed E-state index contributed by atoms with van der Waals surface area (Å²) >= 11 is 5.63. The Bertz CT molecular complexity index is 387. The van der Waals surface area contributed by atoms with Crippen LogP contribution in [0.1, 0.15) is 19.3 Å². The van der Waals surface area contributed by atoms with Crippen molar-refractivity contribution < 1.29 is 0 Å². The van der Waals surface area contributed by atoms with Crippen LogP contribution in [-0.4, -0.2) is 12.3 Å². The highest BCUT2D eigenvalue weighted by atomic mass is 79.9. The third-order valence-corrected chi connectivity index (χ3v) is 5.63. The molecule has 1 fully saturated rings. The molecule has 0 atom stereocenters. The molecule has 1 spiro atoms. The Kier molecular flexibility index (Phi) is 2.48. The highest BCUT2D eigenvalue weighted by molar-refractivity contribution is 9.10. The summed E-state index contributed by atoms with van der Waals surface area (Å²) in [5.74, 6) is 1.28. The maximum absolute atomic E-state index is 3.62. The van der Waals surface area contributed by atoms with Crippen LogP contribution in [-0.2, 0) is 0 Å². The van der Waals surface area contributed by atoms with Gasteiger partial charge in [0.15, 0.2) is 0 Å². The quantitative estimate of drug-likeness (QED) is 0.768. The van der Waals surface area contributed by atoms with Crippen molar-refractivity contribution in [3.8, 4) is 0 Å². The summed E-state index contributed by atoms with van der Waals surface area (Å²) in [6, 6.07) is 6.46. The van der Waals surface area contributed by atoms with Crippen molar-refractivity contribution in [3.05, 3.63) is 22.7 Å². The fourth-order valence-corrected chi connectivity index (χ4v) is 4.34. The van der Waals surface area contributed by atoms with Crippen molar-refractivity contribution in [2.75, 3.05) is 17.6 Å². The summed E-state index contributed by atoms with van der Waals surface area (Å²) in [5, 5.41) is 3.62. The van der Waals surface area contributed by atoms with E-state index in [1.54, 1.807) is 0 Å². The van der Waals surface area contributed by atoms with Crippen LogP contribution in [0.15, 0.2) is 27.6 Å². The monoisotopic (exact) mass is 283 g/mol. The smallest absolute Gasteiger partial charge is 0.0622 e. The first-order chi connectivity index (χ1) is 7.29. The van der Waals surface area contributed by atoms with Crippen molar-refractivity contribution >= 4 is 33.4 Å². The number of benzene rings is 1. The van der Waals surface area contributed by atoms with E-state index in [1.807, 2.05) is 11.8 Å². The first kappa shape index (κ1) is 10.0. The number of para-hydroxylation sites is 1. The average Bonchev–Trinajstić information content (AvgIpc) is 2.37. The Labute approximate surface area is 103 Å². The molecule has 0 unspecified atom stereocenters. The zero-order valence-electron chi connectivity index (χ0n) is 8.55. The zero-order valence-corrected chi connectivity index (χ0v) is 11.0. The molecule has 2 aliphatic rings. The van der Waals surface area contributed by atoms with E-state index in [9.17, 15) is 0 Å². The maximum Gasteiger partial charge on any atom is 0.0622 e. The second-order valence-electron chi connectivity index (χ2n) is 4.61. The molecule has 0 amide bonds. The molecule has 1 heterocycles. The van der Waals surface area contributed by atoms with Gasteiger partial charge in [0.25, 0.3) is 0 Å². The molecule has 0 bridgehead atoms. The second kappa shape index (κ2) is 3.70. The summed E-state index contributed by atoms with van der Waals surface area (Å²) in [4.78, 5) is 1.40. The molecule has 1 N–H and O–H groups in total. The summed E-state index contributed by atoms with van der Waals surface area (Å²) in [7, 11) is 0. The van der Waals surface area contributed by atoms with Gasteiger partial charge in [-0.25, -0.2) is 0 Å². The minimum atomic E-state index is 0.586. The molecule has 80 valence electrons. The number of fused-ring (bicyclic) bond motifs is 1. The molecular formula is C12H14BrNS. The van der Waals surface area contributed by atoms with Crippen molar-refractivity contribution in [1.29, 1.82) is 0 Å². The standard InChI is InChI=1S/C12H14BrNS/c13-9-3-1-4-10-11(9)14-7-12(8-15-10)5-2-6-12/h1,3-4,14H,2,5-8H2. The number of rotatable bonds is 0. The van der Waals surface area contributed by atoms with Gasteiger partial charge in [-0.3, -0.25) is 0 Å². The van der Waals surface area contributed by atoms with E-state index in [1.165, 1.54) is 40.1 Å². The largest absolute Gasteiger partial charge is 0.383 e. The topological polar surface area (TPSA) is 12.0 Å². The minimum Gasteiger partial charge on any atom is -0.383 e. The fourth-order valence-electron chi connectivity index (χ4n) is 2.35. The molecule has 1 aliphatic carbocycles. The Hall–Kier alpha value is -0.150. The van der Waals surface area contributed by atoms with E-state index >= 15 is 0 Å². The normalized spacial score (nSPS) is 22.5. The van der Waals surface area contributed by atoms with Crippen LogP contribution in [0.3, 0.4) is 0 Å². The number of thioether (sulfide) groups is 1. The molecule has 3 heteroatoms. The Morgan fingerprint density at radius 1 is 1.33 bits per heavy atom. The van der Waals surface area contributed by atoms with Crippen molar-refractivity contribution in [2.24, 2.45) is 5.41 Å². The van der Waals surface area contributed by atoms with E-state index in [0.29, 0.717) is 5.41 Å². The number of halogens is 1. The van der Waals surface area contributed by atoms with Crippen LogP contribution < -0.4 is 5.32 Å². The van der Waals surface area contributed by atoms with Crippen LogP contribution >= 0.6 is 27.7 Å².